The zero-order valence-electron chi connectivity index (χ0n) is 21.4. The predicted octanol–water partition coefficient (Wildman–Crippen LogP) is 3.97. The number of rotatable bonds is 4. The molecule has 0 radical (unpaired) electrons. The third-order valence-electron chi connectivity index (χ3n) is 7.37. The van der Waals surface area contributed by atoms with Crippen LogP contribution in [0.4, 0.5) is 4.39 Å². The molecule has 1 atom stereocenters. The van der Waals surface area contributed by atoms with Crippen molar-refractivity contribution < 1.29 is 28.2 Å². The molecule has 2 fully saturated rings. The molecule has 2 amide bonds. The van der Waals surface area contributed by atoms with Crippen molar-refractivity contribution in [2.24, 2.45) is 0 Å². The van der Waals surface area contributed by atoms with Crippen molar-refractivity contribution in [3.8, 4) is 11.3 Å². The molecule has 0 unspecified atom stereocenters. The van der Waals surface area contributed by atoms with Gasteiger partial charge in [0.2, 0.25) is 0 Å². The molecule has 0 saturated carbocycles. The number of pyridine rings is 1. The van der Waals surface area contributed by atoms with Crippen LogP contribution in [0, 0.1) is 5.82 Å². The number of carbonyl (C=O) groups excluding carboxylic acids is 2. The van der Waals surface area contributed by atoms with Crippen LogP contribution in [0.25, 0.3) is 22.4 Å². The van der Waals surface area contributed by atoms with E-state index in [-0.39, 0.29) is 48.2 Å². The third-order valence-corrected chi connectivity index (χ3v) is 7.37. The summed E-state index contributed by atoms with van der Waals surface area (Å²) in [4.78, 5) is 34.6. The Morgan fingerprint density at radius 2 is 1.84 bits per heavy atom. The quantitative estimate of drug-likeness (QED) is 0.572. The molecule has 8 nitrogen and oxygen atoms in total. The molecule has 2 saturated heterocycles. The topological polar surface area (TPSA) is 96.1 Å². The van der Waals surface area contributed by atoms with Crippen LogP contribution >= 0.6 is 0 Å². The summed E-state index contributed by atoms with van der Waals surface area (Å²) in [5.41, 5.74) is 2.10. The van der Waals surface area contributed by atoms with E-state index in [1.807, 2.05) is 26.8 Å². The molecule has 2 aliphatic rings. The molecule has 37 heavy (non-hydrogen) atoms. The summed E-state index contributed by atoms with van der Waals surface area (Å²) in [5.74, 6) is -0.570. The molecule has 5 rings (SSSR count). The highest BCUT2D eigenvalue weighted by atomic mass is 19.1. The van der Waals surface area contributed by atoms with Crippen molar-refractivity contribution in [1.82, 2.24) is 14.8 Å². The van der Waals surface area contributed by atoms with Gasteiger partial charge in [0.25, 0.3) is 11.8 Å². The number of benzene rings is 1. The van der Waals surface area contributed by atoms with E-state index in [1.54, 1.807) is 28.0 Å². The first-order valence-corrected chi connectivity index (χ1v) is 12.8. The lowest BCUT2D eigenvalue weighted by Crippen LogP contribution is -2.60. The third kappa shape index (κ3) is 4.85. The molecule has 0 aliphatic carbocycles. The number of nitrogens with zero attached hydrogens (tertiary/aromatic N) is 3. The Hall–Kier alpha value is -3.30. The number of aliphatic hydroxyl groups is 1. The van der Waals surface area contributed by atoms with E-state index in [0.717, 1.165) is 11.1 Å². The smallest absolute Gasteiger partial charge is 0.290 e. The summed E-state index contributed by atoms with van der Waals surface area (Å²) in [6.45, 7) is 7.69. The number of hydrogen-bond donors (Lipinski definition) is 1. The lowest BCUT2D eigenvalue weighted by molar-refractivity contribution is -0.163. The molecule has 3 aromatic rings. The predicted molar refractivity (Wildman–Crippen MR) is 136 cm³/mol. The van der Waals surface area contributed by atoms with Crippen molar-refractivity contribution in [2.45, 2.75) is 51.2 Å². The number of furan rings is 1. The molecule has 0 spiro atoms. The van der Waals surface area contributed by atoms with Gasteiger partial charge in [-0.05, 0) is 43.2 Å². The van der Waals surface area contributed by atoms with Gasteiger partial charge in [-0.25, -0.2) is 9.37 Å². The van der Waals surface area contributed by atoms with Gasteiger partial charge in [0, 0.05) is 68.9 Å². The van der Waals surface area contributed by atoms with Crippen molar-refractivity contribution >= 4 is 22.9 Å². The highest BCUT2D eigenvalue weighted by Gasteiger charge is 2.43. The minimum Gasteiger partial charge on any atom is -0.449 e. The SMILES string of the molecule is CC(C)c1cc(-c2ccc(F)cc2)nc2cc(C(=O)N3CCN(C(=O)C4(O)CCOCC4)C[C@H]3C)oc12. The minimum absolute atomic E-state index is 0.114. The molecule has 1 N–H and O–H groups in total. The van der Waals surface area contributed by atoms with Crippen molar-refractivity contribution in [1.29, 1.82) is 0 Å². The highest BCUT2D eigenvalue weighted by molar-refractivity contribution is 5.96. The number of hydrogen-bond acceptors (Lipinski definition) is 6. The van der Waals surface area contributed by atoms with Gasteiger partial charge in [-0.1, -0.05) is 13.8 Å². The van der Waals surface area contributed by atoms with Gasteiger partial charge in [0.05, 0.1) is 5.69 Å². The van der Waals surface area contributed by atoms with Crippen LogP contribution < -0.4 is 0 Å². The van der Waals surface area contributed by atoms with Gasteiger partial charge < -0.3 is 24.1 Å². The fourth-order valence-corrected chi connectivity index (χ4v) is 5.15. The Balaban J connectivity index is 1.38. The second-order valence-electron chi connectivity index (χ2n) is 10.3. The molecule has 4 heterocycles. The van der Waals surface area contributed by atoms with E-state index in [0.29, 0.717) is 49.6 Å². The molecule has 1 aromatic carbocycles. The number of fused-ring (bicyclic) bond motifs is 1. The maximum Gasteiger partial charge on any atom is 0.290 e. The first-order chi connectivity index (χ1) is 17.7. The lowest BCUT2D eigenvalue weighted by Gasteiger charge is -2.43. The summed E-state index contributed by atoms with van der Waals surface area (Å²) >= 11 is 0. The summed E-state index contributed by atoms with van der Waals surface area (Å²) in [5, 5.41) is 10.8. The van der Waals surface area contributed by atoms with E-state index in [1.165, 1.54) is 12.1 Å². The molecule has 0 bridgehead atoms. The second kappa shape index (κ2) is 9.87. The summed E-state index contributed by atoms with van der Waals surface area (Å²) in [7, 11) is 0. The van der Waals surface area contributed by atoms with Crippen LogP contribution in [0.5, 0.6) is 0 Å². The first-order valence-electron chi connectivity index (χ1n) is 12.8. The van der Waals surface area contributed by atoms with E-state index >= 15 is 0 Å². The number of carbonyl (C=O) groups is 2. The second-order valence-corrected chi connectivity index (χ2v) is 10.3. The zero-order chi connectivity index (χ0) is 26.3. The van der Waals surface area contributed by atoms with Gasteiger partial charge in [0.1, 0.15) is 16.9 Å². The van der Waals surface area contributed by atoms with Crippen LogP contribution in [-0.4, -0.2) is 76.2 Å². The normalized spacial score (nSPS) is 20.0. The zero-order valence-corrected chi connectivity index (χ0v) is 21.4. The van der Waals surface area contributed by atoms with Gasteiger partial charge in [-0.3, -0.25) is 9.59 Å². The molecule has 196 valence electrons. The van der Waals surface area contributed by atoms with E-state index < -0.39 is 5.60 Å². The summed E-state index contributed by atoms with van der Waals surface area (Å²) in [6.07, 6.45) is 0.562. The average molecular weight is 510 g/mol. The van der Waals surface area contributed by atoms with Crippen LogP contribution in [0.1, 0.15) is 55.6 Å². The summed E-state index contributed by atoms with van der Waals surface area (Å²) < 4.78 is 24.8. The van der Waals surface area contributed by atoms with Gasteiger partial charge in [-0.2, -0.15) is 0 Å². The van der Waals surface area contributed by atoms with Crippen LogP contribution in [-0.2, 0) is 9.53 Å². The number of piperazine rings is 1. The minimum atomic E-state index is -1.40. The van der Waals surface area contributed by atoms with Gasteiger partial charge >= 0.3 is 0 Å². The van der Waals surface area contributed by atoms with Gasteiger partial charge in [0.15, 0.2) is 11.3 Å². The van der Waals surface area contributed by atoms with E-state index in [4.69, 9.17) is 14.1 Å². The highest BCUT2D eigenvalue weighted by Crippen LogP contribution is 2.32. The Morgan fingerprint density at radius 3 is 2.49 bits per heavy atom. The van der Waals surface area contributed by atoms with Crippen molar-refractivity contribution in [3.05, 3.63) is 53.5 Å². The molecular weight excluding hydrogens is 477 g/mol. The standard InChI is InChI=1S/C28H32FN3O5/c1-17(2)21-14-22(19-4-6-20(29)7-5-19)30-23-15-24(37-25(21)23)26(33)32-11-10-31(16-18(32)3)27(34)28(35)8-12-36-13-9-28/h4-7,14-15,17-18,35H,8-13,16H2,1-3H3/t18-/m1/s1. The lowest BCUT2D eigenvalue weighted by atomic mass is 9.92. The Bertz CT molecular complexity index is 1310. The van der Waals surface area contributed by atoms with Crippen LogP contribution in [0.2, 0.25) is 0 Å². The first kappa shape index (κ1) is 25.4. The number of aromatic nitrogens is 1. The average Bonchev–Trinajstić information content (AvgIpc) is 3.32. The fraction of sp³-hybridized carbons (Fsp3) is 0.464. The van der Waals surface area contributed by atoms with E-state index in [9.17, 15) is 19.1 Å². The maximum absolute atomic E-state index is 13.5. The largest absolute Gasteiger partial charge is 0.449 e. The molecule has 2 aliphatic heterocycles. The monoisotopic (exact) mass is 509 g/mol. The maximum atomic E-state index is 13.5. The Kier molecular flexibility index (Phi) is 6.76. The van der Waals surface area contributed by atoms with Crippen LogP contribution in [0.15, 0.2) is 40.8 Å². The van der Waals surface area contributed by atoms with Gasteiger partial charge in [-0.15, -0.1) is 0 Å². The van der Waals surface area contributed by atoms with Crippen LogP contribution in [0.3, 0.4) is 0 Å². The number of halogens is 1. The Labute approximate surface area is 215 Å². The molecule has 2 aromatic heterocycles. The van der Waals surface area contributed by atoms with Crippen molar-refractivity contribution in [2.75, 3.05) is 32.8 Å². The number of amides is 2. The summed E-state index contributed by atoms with van der Waals surface area (Å²) in [6, 6.07) is 9.48. The molecular formula is C28H32FN3O5. The van der Waals surface area contributed by atoms with E-state index in [2.05, 4.69) is 0 Å². The molecule has 9 heteroatoms. The Morgan fingerprint density at radius 1 is 1.14 bits per heavy atom. The number of ether oxygens (including phenoxy) is 1. The van der Waals surface area contributed by atoms with Crippen molar-refractivity contribution in [3.63, 3.8) is 0 Å². The fourth-order valence-electron chi connectivity index (χ4n) is 5.15.